The summed E-state index contributed by atoms with van der Waals surface area (Å²) in [7, 11) is 0. The lowest BCUT2D eigenvalue weighted by Gasteiger charge is -2.04. The molecule has 0 saturated heterocycles. The number of carbonyl (C=O) groups excluding carboxylic acids is 1. The second kappa shape index (κ2) is 5.25. The molecule has 1 amide bonds. The van der Waals surface area contributed by atoms with Crippen molar-refractivity contribution in [2.45, 2.75) is 13.1 Å². The van der Waals surface area contributed by atoms with Gasteiger partial charge in [0.2, 0.25) is 0 Å². The first-order chi connectivity index (χ1) is 5.98. The average molecular weight is 191 g/mol. The van der Waals surface area contributed by atoms with Gasteiger partial charge in [-0.3, -0.25) is 4.79 Å². The van der Waals surface area contributed by atoms with Gasteiger partial charge in [0.1, 0.15) is 0 Å². The first kappa shape index (κ1) is 11.6. The number of nitrogens with one attached hydrogen (secondary N) is 1. The fraction of sp³-hybridized carbons (Fsp3) is 0.375. The Balaban J connectivity index is 3.77. The van der Waals surface area contributed by atoms with Crippen LogP contribution in [-0.2, 0) is 4.79 Å². The van der Waals surface area contributed by atoms with E-state index in [1.807, 2.05) is 0 Å². The SMILES string of the molecule is CC#CC=CCNC(=O)C(F)(F)F. The highest BCUT2D eigenvalue weighted by Crippen LogP contribution is 2.13. The first-order valence-electron chi connectivity index (χ1n) is 3.40. The molecular weight excluding hydrogens is 183 g/mol. The summed E-state index contributed by atoms with van der Waals surface area (Å²) in [6.45, 7) is 1.42. The number of amides is 1. The molecule has 0 saturated carbocycles. The smallest absolute Gasteiger partial charge is 0.345 e. The maximum absolute atomic E-state index is 11.6. The summed E-state index contributed by atoms with van der Waals surface area (Å²) in [6, 6.07) is 0. The van der Waals surface area contributed by atoms with E-state index in [9.17, 15) is 18.0 Å². The van der Waals surface area contributed by atoms with Gasteiger partial charge >= 0.3 is 12.1 Å². The van der Waals surface area contributed by atoms with Gasteiger partial charge in [-0.25, -0.2) is 0 Å². The molecule has 72 valence electrons. The molecule has 1 N–H and O–H groups in total. The highest BCUT2D eigenvalue weighted by Gasteiger charge is 2.37. The highest BCUT2D eigenvalue weighted by atomic mass is 19.4. The molecule has 0 aromatic heterocycles. The molecule has 0 aliphatic heterocycles. The van der Waals surface area contributed by atoms with E-state index in [1.54, 1.807) is 12.2 Å². The molecule has 0 radical (unpaired) electrons. The van der Waals surface area contributed by atoms with Crippen LogP contribution in [0.1, 0.15) is 6.92 Å². The van der Waals surface area contributed by atoms with Gasteiger partial charge in [0.15, 0.2) is 0 Å². The minimum atomic E-state index is -4.82. The van der Waals surface area contributed by atoms with Crippen molar-refractivity contribution < 1.29 is 18.0 Å². The van der Waals surface area contributed by atoms with E-state index in [-0.39, 0.29) is 6.54 Å². The molecule has 0 rings (SSSR count). The van der Waals surface area contributed by atoms with Gasteiger partial charge in [0.25, 0.3) is 0 Å². The molecule has 0 aromatic rings. The van der Waals surface area contributed by atoms with Gasteiger partial charge in [-0.1, -0.05) is 12.0 Å². The highest BCUT2D eigenvalue weighted by molar-refractivity contribution is 5.81. The third-order valence-electron chi connectivity index (χ3n) is 0.983. The van der Waals surface area contributed by atoms with E-state index in [1.165, 1.54) is 12.2 Å². The second-order valence-electron chi connectivity index (χ2n) is 2.00. The number of hydrogen-bond donors (Lipinski definition) is 1. The maximum Gasteiger partial charge on any atom is 0.471 e. The van der Waals surface area contributed by atoms with Crippen LogP contribution in [-0.4, -0.2) is 18.6 Å². The predicted octanol–water partition coefficient (Wildman–Crippen LogP) is 1.24. The molecule has 0 spiro atoms. The van der Waals surface area contributed by atoms with Crippen LogP contribution in [0.25, 0.3) is 0 Å². The number of carbonyl (C=O) groups is 1. The summed E-state index contributed by atoms with van der Waals surface area (Å²) in [4.78, 5) is 10.2. The Morgan fingerprint density at radius 1 is 1.54 bits per heavy atom. The molecule has 0 atom stereocenters. The van der Waals surface area contributed by atoms with Gasteiger partial charge in [0.05, 0.1) is 0 Å². The van der Waals surface area contributed by atoms with E-state index >= 15 is 0 Å². The van der Waals surface area contributed by atoms with Crippen LogP contribution in [0.2, 0.25) is 0 Å². The fourth-order valence-corrected chi connectivity index (χ4v) is 0.453. The minimum Gasteiger partial charge on any atom is -0.345 e. The molecule has 5 heteroatoms. The van der Waals surface area contributed by atoms with Gasteiger partial charge in [-0.05, 0) is 13.0 Å². The minimum absolute atomic E-state index is 0.174. The van der Waals surface area contributed by atoms with Crippen molar-refractivity contribution in [3.8, 4) is 11.8 Å². The lowest BCUT2D eigenvalue weighted by molar-refractivity contribution is -0.173. The summed E-state index contributed by atoms with van der Waals surface area (Å²) in [5.74, 6) is 3.07. The largest absolute Gasteiger partial charge is 0.471 e. The van der Waals surface area contributed by atoms with Gasteiger partial charge in [0, 0.05) is 6.54 Å². The monoisotopic (exact) mass is 191 g/mol. The van der Waals surface area contributed by atoms with Crippen LogP contribution < -0.4 is 5.32 Å². The Kier molecular flexibility index (Phi) is 4.67. The Hall–Kier alpha value is -1.44. The number of rotatable bonds is 2. The van der Waals surface area contributed by atoms with Crippen molar-refractivity contribution in [3.63, 3.8) is 0 Å². The summed E-state index contributed by atoms with van der Waals surface area (Å²) in [5.41, 5.74) is 0. The van der Waals surface area contributed by atoms with Crippen LogP contribution in [0.3, 0.4) is 0 Å². The number of allylic oxidation sites excluding steroid dienone is 1. The number of alkyl halides is 3. The summed E-state index contributed by atoms with van der Waals surface area (Å²) < 4.78 is 34.7. The van der Waals surface area contributed by atoms with E-state index in [4.69, 9.17) is 0 Å². The Morgan fingerprint density at radius 2 is 2.15 bits per heavy atom. The van der Waals surface area contributed by atoms with Crippen LogP contribution >= 0.6 is 0 Å². The molecule has 13 heavy (non-hydrogen) atoms. The molecule has 0 heterocycles. The Labute approximate surface area is 73.8 Å². The molecule has 0 aromatic carbocycles. The lowest BCUT2D eigenvalue weighted by atomic mass is 10.4. The average Bonchev–Trinajstić information content (AvgIpc) is 2.02. The fourth-order valence-electron chi connectivity index (χ4n) is 0.453. The normalized spacial score (nSPS) is 10.8. The van der Waals surface area contributed by atoms with Gasteiger partial charge < -0.3 is 5.32 Å². The molecule has 0 unspecified atom stereocenters. The van der Waals surface area contributed by atoms with E-state index < -0.39 is 12.1 Å². The van der Waals surface area contributed by atoms with Crippen molar-refractivity contribution in [2.24, 2.45) is 0 Å². The zero-order valence-corrected chi connectivity index (χ0v) is 6.90. The predicted molar refractivity (Wildman–Crippen MR) is 41.7 cm³/mol. The molecule has 2 nitrogen and oxygen atoms in total. The summed E-state index contributed by atoms with van der Waals surface area (Å²) in [6.07, 6.45) is -2.11. The molecular formula is C8H8F3NO. The zero-order chi connectivity index (χ0) is 10.3. The molecule has 0 aliphatic rings. The van der Waals surface area contributed by atoms with Crippen molar-refractivity contribution in [1.29, 1.82) is 0 Å². The third-order valence-corrected chi connectivity index (χ3v) is 0.983. The van der Waals surface area contributed by atoms with E-state index in [0.717, 1.165) is 0 Å². The number of hydrogen-bond acceptors (Lipinski definition) is 1. The first-order valence-corrected chi connectivity index (χ1v) is 3.40. The number of halogens is 3. The van der Waals surface area contributed by atoms with Crippen molar-refractivity contribution in [2.75, 3.05) is 6.54 Å². The quantitative estimate of drug-likeness (QED) is 0.654. The second-order valence-corrected chi connectivity index (χ2v) is 2.00. The van der Waals surface area contributed by atoms with Gasteiger partial charge in [-0.2, -0.15) is 13.2 Å². The topological polar surface area (TPSA) is 29.1 Å². The van der Waals surface area contributed by atoms with E-state index in [2.05, 4.69) is 11.8 Å². The third kappa shape index (κ3) is 5.79. The lowest BCUT2D eigenvalue weighted by Crippen LogP contribution is -2.36. The Morgan fingerprint density at radius 3 is 2.62 bits per heavy atom. The maximum atomic E-state index is 11.6. The summed E-state index contributed by atoms with van der Waals surface area (Å²) >= 11 is 0. The van der Waals surface area contributed by atoms with E-state index in [0.29, 0.717) is 0 Å². The molecule has 0 bridgehead atoms. The van der Waals surface area contributed by atoms with Crippen molar-refractivity contribution in [1.82, 2.24) is 5.32 Å². The zero-order valence-electron chi connectivity index (χ0n) is 6.90. The standard InChI is InChI=1S/C8H8F3NO/c1-2-3-4-5-6-12-7(13)8(9,10)11/h4-5H,6H2,1H3,(H,12,13). The van der Waals surface area contributed by atoms with Crippen molar-refractivity contribution >= 4 is 5.91 Å². The van der Waals surface area contributed by atoms with Crippen molar-refractivity contribution in [3.05, 3.63) is 12.2 Å². The Bertz CT molecular complexity index is 257. The van der Waals surface area contributed by atoms with Gasteiger partial charge in [-0.15, -0.1) is 5.92 Å². The molecule has 0 aliphatic carbocycles. The van der Waals surface area contributed by atoms with Crippen LogP contribution in [0.4, 0.5) is 13.2 Å². The molecule has 0 fully saturated rings. The van der Waals surface area contributed by atoms with Crippen LogP contribution in [0.15, 0.2) is 12.2 Å². The van der Waals surface area contributed by atoms with Crippen LogP contribution in [0, 0.1) is 11.8 Å². The van der Waals surface area contributed by atoms with Crippen LogP contribution in [0.5, 0.6) is 0 Å². The summed E-state index contributed by atoms with van der Waals surface area (Å²) in [5, 5.41) is 1.66.